The van der Waals surface area contributed by atoms with Gasteiger partial charge < -0.3 is 15.3 Å². The average molecular weight is 298 g/mol. The monoisotopic (exact) mass is 298 g/mol. The van der Waals surface area contributed by atoms with Crippen molar-refractivity contribution in [3.63, 3.8) is 0 Å². The summed E-state index contributed by atoms with van der Waals surface area (Å²) in [6, 6.07) is 2.88. The van der Waals surface area contributed by atoms with Crippen molar-refractivity contribution in [1.82, 2.24) is 4.90 Å². The van der Waals surface area contributed by atoms with E-state index in [9.17, 15) is 14.0 Å². The van der Waals surface area contributed by atoms with Crippen LogP contribution >= 0.6 is 11.8 Å². The van der Waals surface area contributed by atoms with Gasteiger partial charge in [-0.3, -0.25) is 0 Å². The number of anilines is 1. The van der Waals surface area contributed by atoms with E-state index in [-0.39, 0.29) is 17.3 Å². The molecule has 0 aliphatic carbocycles. The fourth-order valence-corrected chi connectivity index (χ4v) is 3.04. The Kier molecular flexibility index (Phi) is 4.49. The molecule has 1 fully saturated rings. The van der Waals surface area contributed by atoms with Gasteiger partial charge in [-0.2, -0.15) is 11.8 Å². The molecule has 108 valence electrons. The molecule has 0 bridgehead atoms. The number of benzene rings is 1. The molecule has 7 heteroatoms. The normalized spacial score (nSPS) is 18.7. The summed E-state index contributed by atoms with van der Waals surface area (Å²) in [6.45, 7) is 2.52. The molecule has 1 aliphatic rings. The third-order valence-corrected chi connectivity index (χ3v) is 4.27. The van der Waals surface area contributed by atoms with Crippen molar-refractivity contribution in [2.24, 2.45) is 0 Å². The van der Waals surface area contributed by atoms with Crippen molar-refractivity contribution in [2.45, 2.75) is 13.0 Å². The molecule has 0 saturated carbocycles. The summed E-state index contributed by atoms with van der Waals surface area (Å²) in [5.41, 5.74) is -0.147. The molecule has 20 heavy (non-hydrogen) atoms. The van der Waals surface area contributed by atoms with Gasteiger partial charge in [0.05, 0.1) is 11.3 Å². The molecule has 1 aliphatic heterocycles. The number of amides is 2. The second kappa shape index (κ2) is 6.13. The minimum Gasteiger partial charge on any atom is -0.478 e. The molecule has 0 radical (unpaired) electrons. The van der Waals surface area contributed by atoms with Crippen molar-refractivity contribution in [3.05, 3.63) is 29.6 Å². The van der Waals surface area contributed by atoms with Crippen molar-refractivity contribution < 1.29 is 19.1 Å². The molecule has 2 amide bonds. The first-order valence-corrected chi connectivity index (χ1v) is 7.32. The summed E-state index contributed by atoms with van der Waals surface area (Å²) in [5, 5.41) is 11.5. The smallest absolute Gasteiger partial charge is 0.337 e. The SMILES string of the molecule is CC1CSCCN1C(=O)Nc1cc(F)ccc1C(=O)O. The number of carbonyl (C=O) groups excluding carboxylic acids is 1. The van der Waals surface area contributed by atoms with Crippen LogP contribution in [0.25, 0.3) is 0 Å². The third kappa shape index (κ3) is 3.22. The summed E-state index contributed by atoms with van der Waals surface area (Å²) < 4.78 is 13.2. The molecule has 1 saturated heterocycles. The van der Waals surface area contributed by atoms with Crippen LogP contribution < -0.4 is 5.32 Å². The van der Waals surface area contributed by atoms with Crippen LogP contribution in [0.2, 0.25) is 0 Å². The number of nitrogens with one attached hydrogen (secondary N) is 1. The van der Waals surface area contributed by atoms with E-state index in [0.717, 1.165) is 29.7 Å². The first kappa shape index (κ1) is 14.6. The number of halogens is 1. The van der Waals surface area contributed by atoms with Gasteiger partial charge in [-0.05, 0) is 25.1 Å². The number of hydrogen-bond acceptors (Lipinski definition) is 3. The Labute approximate surface area is 120 Å². The second-order valence-electron chi connectivity index (χ2n) is 4.54. The number of carboxylic acid groups (broad SMARTS) is 1. The van der Waals surface area contributed by atoms with Crippen LogP contribution in [0, 0.1) is 5.82 Å². The molecule has 0 aromatic heterocycles. The van der Waals surface area contributed by atoms with Gasteiger partial charge in [-0.15, -0.1) is 0 Å². The number of thioether (sulfide) groups is 1. The zero-order valence-electron chi connectivity index (χ0n) is 10.9. The number of nitrogens with zero attached hydrogens (tertiary/aromatic N) is 1. The predicted molar refractivity (Wildman–Crippen MR) is 75.9 cm³/mol. The lowest BCUT2D eigenvalue weighted by Crippen LogP contribution is -2.46. The highest BCUT2D eigenvalue weighted by molar-refractivity contribution is 7.99. The lowest BCUT2D eigenvalue weighted by molar-refractivity contribution is 0.0698. The number of aromatic carboxylic acids is 1. The highest BCUT2D eigenvalue weighted by Crippen LogP contribution is 2.21. The molecular formula is C13H15FN2O3S. The summed E-state index contributed by atoms with van der Waals surface area (Å²) in [6.07, 6.45) is 0. The largest absolute Gasteiger partial charge is 0.478 e. The molecule has 1 heterocycles. The zero-order chi connectivity index (χ0) is 14.7. The predicted octanol–water partition coefficient (Wildman–Crippen LogP) is 2.49. The van der Waals surface area contributed by atoms with Gasteiger partial charge >= 0.3 is 12.0 Å². The first-order chi connectivity index (χ1) is 9.49. The Morgan fingerprint density at radius 3 is 2.90 bits per heavy atom. The van der Waals surface area contributed by atoms with Crippen molar-refractivity contribution in [2.75, 3.05) is 23.4 Å². The molecule has 2 N–H and O–H groups in total. The van der Waals surface area contributed by atoms with Crippen LogP contribution in [0.1, 0.15) is 17.3 Å². The molecular weight excluding hydrogens is 283 g/mol. The van der Waals surface area contributed by atoms with Crippen LogP contribution in [0.3, 0.4) is 0 Å². The van der Waals surface area contributed by atoms with E-state index in [1.807, 2.05) is 6.92 Å². The quantitative estimate of drug-likeness (QED) is 0.880. The topological polar surface area (TPSA) is 69.6 Å². The number of carbonyl (C=O) groups is 2. The molecule has 0 spiro atoms. The maximum atomic E-state index is 13.2. The lowest BCUT2D eigenvalue weighted by Gasteiger charge is -2.33. The third-order valence-electron chi connectivity index (χ3n) is 3.08. The van der Waals surface area contributed by atoms with Gasteiger partial charge in [0.25, 0.3) is 0 Å². The van der Waals surface area contributed by atoms with Crippen molar-refractivity contribution >= 4 is 29.4 Å². The van der Waals surface area contributed by atoms with Crippen LogP contribution in [0.5, 0.6) is 0 Å². The molecule has 1 aromatic carbocycles. The van der Waals surface area contributed by atoms with E-state index in [1.165, 1.54) is 0 Å². The minimum atomic E-state index is -1.21. The van der Waals surface area contributed by atoms with Crippen LogP contribution in [0.15, 0.2) is 18.2 Å². The molecule has 1 atom stereocenters. The van der Waals surface area contributed by atoms with Crippen molar-refractivity contribution in [3.8, 4) is 0 Å². The Morgan fingerprint density at radius 1 is 1.50 bits per heavy atom. The van der Waals surface area contributed by atoms with E-state index in [1.54, 1.807) is 16.7 Å². The zero-order valence-corrected chi connectivity index (χ0v) is 11.7. The highest BCUT2D eigenvalue weighted by Gasteiger charge is 2.24. The van der Waals surface area contributed by atoms with E-state index in [0.29, 0.717) is 6.54 Å². The molecule has 5 nitrogen and oxygen atoms in total. The van der Waals surface area contributed by atoms with Crippen LogP contribution in [-0.4, -0.2) is 46.1 Å². The number of hydrogen-bond donors (Lipinski definition) is 2. The van der Waals surface area contributed by atoms with E-state index >= 15 is 0 Å². The van der Waals surface area contributed by atoms with Gasteiger partial charge in [0, 0.05) is 24.1 Å². The van der Waals surface area contributed by atoms with Gasteiger partial charge in [0.15, 0.2) is 0 Å². The maximum Gasteiger partial charge on any atom is 0.337 e. The summed E-state index contributed by atoms with van der Waals surface area (Å²) in [4.78, 5) is 24.9. The maximum absolute atomic E-state index is 13.2. The Hall–Kier alpha value is -1.76. The van der Waals surface area contributed by atoms with Gasteiger partial charge in [-0.25, -0.2) is 14.0 Å². The molecule has 2 rings (SSSR count). The van der Waals surface area contributed by atoms with E-state index in [4.69, 9.17) is 5.11 Å². The van der Waals surface area contributed by atoms with Crippen LogP contribution in [-0.2, 0) is 0 Å². The van der Waals surface area contributed by atoms with Gasteiger partial charge in [-0.1, -0.05) is 0 Å². The average Bonchev–Trinajstić information content (AvgIpc) is 2.38. The summed E-state index contributed by atoms with van der Waals surface area (Å²) in [5.74, 6) is -0.121. The Morgan fingerprint density at radius 2 is 2.25 bits per heavy atom. The Balaban J connectivity index is 2.18. The minimum absolute atomic E-state index is 0.0204. The second-order valence-corrected chi connectivity index (χ2v) is 5.69. The Bertz CT molecular complexity index is 538. The van der Waals surface area contributed by atoms with E-state index in [2.05, 4.69) is 5.32 Å². The first-order valence-electron chi connectivity index (χ1n) is 6.17. The fourth-order valence-electron chi connectivity index (χ4n) is 2.02. The molecule has 1 aromatic rings. The highest BCUT2D eigenvalue weighted by atomic mass is 32.2. The molecule has 1 unspecified atom stereocenters. The number of urea groups is 1. The van der Waals surface area contributed by atoms with Gasteiger partial charge in [0.1, 0.15) is 5.82 Å². The fraction of sp³-hybridized carbons (Fsp3) is 0.385. The number of carboxylic acids is 1. The van der Waals surface area contributed by atoms with Gasteiger partial charge in [0.2, 0.25) is 0 Å². The van der Waals surface area contributed by atoms with Crippen LogP contribution in [0.4, 0.5) is 14.9 Å². The summed E-state index contributed by atoms with van der Waals surface area (Å²) in [7, 11) is 0. The van der Waals surface area contributed by atoms with E-state index < -0.39 is 17.8 Å². The van der Waals surface area contributed by atoms with Crippen molar-refractivity contribution in [1.29, 1.82) is 0 Å². The lowest BCUT2D eigenvalue weighted by atomic mass is 10.1. The standard InChI is InChI=1S/C13H15FN2O3S/c1-8-7-20-5-4-16(8)13(19)15-11-6-9(14)2-3-10(11)12(17)18/h2-3,6,8H,4-5,7H2,1H3,(H,15,19)(H,17,18). The number of rotatable bonds is 2. The summed E-state index contributed by atoms with van der Waals surface area (Å²) >= 11 is 1.77.